The van der Waals surface area contributed by atoms with E-state index in [0.29, 0.717) is 29.7 Å². The van der Waals surface area contributed by atoms with Gasteiger partial charge in [-0.2, -0.15) is 0 Å². The van der Waals surface area contributed by atoms with E-state index < -0.39 is 11.9 Å². The van der Waals surface area contributed by atoms with Gasteiger partial charge in [0.05, 0.1) is 17.2 Å². The number of halogens is 1. The van der Waals surface area contributed by atoms with Gasteiger partial charge in [0.1, 0.15) is 5.82 Å². The topological polar surface area (TPSA) is 79.3 Å². The molecular formula is C19H19FN2O3. The third kappa shape index (κ3) is 4.21. The highest BCUT2D eigenvalue weighted by Crippen LogP contribution is 2.25. The second kappa shape index (κ2) is 7.42. The Morgan fingerprint density at radius 2 is 2.04 bits per heavy atom. The molecule has 5 nitrogen and oxygen atoms in total. The summed E-state index contributed by atoms with van der Waals surface area (Å²) >= 11 is 0. The first-order chi connectivity index (χ1) is 12.0. The Labute approximate surface area is 144 Å². The number of benzene rings is 1. The summed E-state index contributed by atoms with van der Waals surface area (Å²) in [6.45, 7) is 0. The number of rotatable bonds is 4. The molecule has 130 valence electrons. The summed E-state index contributed by atoms with van der Waals surface area (Å²) in [6.07, 6.45) is 4.14. The van der Waals surface area contributed by atoms with E-state index in [-0.39, 0.29) is 17.8 Å². The molecule has 3 rings (SSSR count). The number of carbonyl (C=O) groups is 2. The predicted octanol–water partition coefficient (Wildman–Crippen LogP) is 3.26. The Morgan fingerprint density at radius 3 is 2.72 bits per heavy atom. The van der Waals surface area contributed by atoms with Crippen LogP contribution in [0.4, 0.5) is 4.39 Å². The van der Waals surface area contributed by atoms with Crippen molar-refractivity contribution in [2.45, 2.75) is 31.7 Å². The van der Waals surface area contributed by atoms with Crippen molar-refractivity contribution in [3.05, 3.63) is 54.0 Å². The number of carboxylic acid groups (broad SMARTS) is 1. The number of amides is 1. The summed E-state index contributed by atoms with van der Waals surface area (Å²) in [5, 5.41) is 12.0. The molecule has 1 aliphatic rings. The molecule has 1 aliphatic carbocycles. The summed E-state index contributed by atoms with van der Waals surface area (Å²) < 4.78 is 13.3. The van der Waals surface area contributed by atoms with Crippen molar-refractivity contribution in [1.82, 2.24) is 10.3 Å². The van der Waals surface area contributed by atoms with Crippen LogP contribution in [0.3, 0.4) is 0 Å². The molecule has 25 heavy (non-hydrogen) atoms. The summed E-state index contributed by atoms with van der Waals surface area (Å²) in [6, 6.07) is 9.28. The first-order valence-electron chi connectivity index (χ1n) is 8.28. The summed E-state index contributed by atoms with van der Waals surface area (Å²) in [5.74, 6) is -1.81. The minimum absolute atomic E-state index is 0.134. The van der Waals surface area contributed by atoms with Gasteiger partial charge >= 0.3 is 5.97 Å². The van der Waals surface area contributed by atoms with Crippen molar-refractivity contribution in [3.63, 3.8) is 0 Å². The lowest BCUT2D eigenvalue weighted by atomic mass is 9.85. The van der Waals surface area contributed by atoms with E-state index in [1.807, 2.05) is 0 Å². The fourth-order valence-corrected chi connectivity index (χ4v) is 3.16. The molecule has 1 amide bonds. The molecule has 0 aliphatic heterocycles. The number of carboxylic acids is 1. The lowest BCUT2D eigenvalue weighted by Gasteiger charge is -2.27. The Hall–Kier alpha value is -2.76. The molecule has 6 heteroatoms. The number of hydrogen-bond donors (Lipinski definition) is 2. The summed E-state index contributed by atoms with van der Waals surface area (Å²) in [7, 11) is 0. The van der Waals surface area contributed by atoms with Crippen molar-refractivity contribution in [2.24, 2.45) is 5.92 Å². The molecule has 1 fully saturated rings. The van der Waals surface area contributed by atoms with Crippen molar-refractivity contribution in [3.8, 4) is 11.3 Å². The molecule has 1 aromatic carbocycles. The van der Waals surface area contributed by atoms with Gasteiger partial charge < -0.3 is 10.4 Å². The molecule has 0 unspecified atom stereocenters. The van der Waals surface area contributed by atoms with Crippen molar-refractivity contribution >= 4 is 11.9 Å². The van der Waals surface area contributed by atoms with Crippen molar-refractivity contribution in [2.75, 3.05) is 0 Å². The molecule has 0 saturated heterocycles. The average molecular weight is 342 g/mol. The zero-order valence-electron chi connectivity index (χ0n) is 13.6. The maximum absolute atomic E-state index is 13.3. The number of pyridine rings is 1. The lowest BCUT2D eigenvalue weighted by molar-refractivity contribution is -0.143. The molecule has 1 heterocycles. The van der Waals surface area contributed by atoms with Crippen molar-refractivity contribution < 1.29 is 19.1 Å². The molecule has 1 aromatic heterocycles. The number of aliphatic carboxylic acids is 1. The van der Waals surface area contributed by atoms with Gasteiger partial charge in [-0.05, 0) is 43.5 Å². The van der Waals surface area contributed by atoms with Crippen LogP contribution in [0.15, 0.2) is 42.6 Å². The van der Waals surface area contributed by atoms with Gasteiger partial charge in [0.15, 0.2) is 0 Å². The molecule has 0 spiro atoms. The Morgan fingerprint density at radius 1 is 1.20 bits per heavy atom. The third-order valence-electron chi connectivity index (χ3n) is 4.50. The average Bonchev–Trinajstić information content (AvgIpc) is 2.62. The van der Waals surface area contributed by atoms with Gasteiger partial charge in [-0.15, -0.1) is 0 Å². The van der Waals surface area contributed by atoms with Gasteiger partial charge in [-0.1, -0.05) is 18.6 Å². The Bertz CT molecular complexity index is 776. The van der Waals surface area contributed by atoms with Crippen LogP contribution < -0.4 is 5.32 Å². The monoisotopic (exact) mass is 342 g/mol. The van der Waals surface area contributed by atoms with Crippen molar-refractivity contribution in [1.29, 1.82) is 0 Å². The molecule has 2 N–H and O–H groups in total. The van der Waals surface area contributed by atoms with Crippen LogP contribution >= 0.6 is 0 Å². The maximum Gasteiger partial charge on any atom is 0.306 e. The minimum atomic E-state index is -0.805. The smallest absolute Gasteiger partial charge is 0.306 e. The predicted molar refractivity (Wildman–Crippen MR) is 90.5 cm³/mol. The zero-order chi connectivity index (χ0) is 17.8. The van der Waals surface area contributed by atoms with Crippen LogP contribution in [0.25, 0.3) is 11.3 Å². The maximum atomic E-state index is 13.3. The first-order valence-corrected chi connectivity index (χ1v) is 8.28. The minimum Gasteiger partial charge on any atom is -0.481 e. The zero-order valence-corrected chi connectivity index (χ0v) is 13.6. The highest BCUT2D eigenvalue weighted by atomic mass is 19.1. The SMILES string of the molecule is O=C(N[C@H]1CCC[C@H](C(=O)O)C1)c1ccc(-c2cccc(F)c2)nc1. The van der Waals surface area contributed by atoms with E-state index in [1.165, 1.54) is 18.3 Å². The third-order valence-corrected chi connectivity index (χ3v) is 4.50. The fraction of sp³-hybridized carbons (Fsp3) is 0.316. The highest BCUT2D eigenvalue weighted by Gasteiger charge is 2.28. The normalized spacial score (nSPS) is 20.0. The number of aromatic nitrogens is 1. The fourth-order valence-electron chi connectivity index (χ4n) is 3.16. The van der Waals surface area contributed by atoms with Gasteiger partial charge in [-0.3, -0.25) is 14.6 Å². The molecule has 1 saturated carbocycles. The highest BCUT2D eigenvalue weighted by molar-refractivity contribution is 5.94. The standard InChI is InChI=1S/C19H19FN2O3/c20-15-5-1-3-12(9-15)17-8-7-14(11-21-17)18(23)22-16-6-2-4-13(10-16)19(24)25/h1,3,5,7-9,11,13,16H,2,4,6,10H2,(H,22,23)(H,24,25)/t13-,16-/m0/s1. The number of carbonyl (C=O) groups excluding carboxylic acids is 1. The number of hydrogen-bond acceptors (Lipinski definition) is 3. The summed E-state index contributed by atoms with van der Waals surface area (Å²) in [5.41, 5.74) is 1.63. The van der Waals surface area contributed by atoms with E-state index in [4.69, 9.17) is 5.11 Å². The molecular weight excluding hydrogens is 323 g/mol. The van der Waals surface area contributed by atoms with Crippen LogP contribution in [0.1, 0.15) is 36.0 Å². The van der Waals surface area contributed by atoms with Crippen LogP contribution in [0.2, 0.25) is 0 Å². The van der Waals surface area contributed by atoms with E-state index in [0.717, 1.165) is 12.8 Å². The largest absolute Gasteiger partial charge is 0.481 e. The van der Waals surface area contributed by atoms with Crippen LogP contribution in [0, 0.1) is 11.7 Å². The quantitative estimate of drug-likeness (QED) is 0.894. The number of nitrogens with zero attached hydrogens (tertiary/aromatic N) is 1. The summed E-state index contributed by atoms with van der Waals surface area (Å²) in [4.78, 5) is 27.7. The van der Waals surface area contributed by atoms with E-state index in [1.54, 1.807) is 24.3 Å². The molecule has 2 atom stereocenters. The van der Waals surface area contributed by atoms with Crippen LogP contribution in [-0.2, 0) is 4.79 Å². The van der Waals surface area contributed by atoms with E-state index in [9.17, 15) is 14.0 Å². The van der Waals surface area contributed by atoms with Crippen LogP contribution in [-0.4, -0.2) is 28.0 Å². The molecule has 0 radical (unpaired) electrons. The second-order valence-electron chi connectivity index (χ2n) is 6.31. The lowest BCUT2D eigenvalue weighted by Crippen LogP contribution is -2.39. The van der Waals surface area contributed by atoms with Crippen LogP contribution in [0.5, 0.6) is 0 Å². The van der Waals surface area contributed by atoms with Gasteiger partial charge in [-0.25, -0.2) is 4.39 Å². The second-order valence-corrected chi connectivity index (χ2v) is 6.31. The number of nitrogens with one attached hydrogen (secondary N) is 1. The van der Waals surface area contributed by atoms with E-state index in [2.05, 4.69) is 10.3 Å². The van der Waals surface area contributed by atoms with Gasteiger partial charge in [0.25, 0.3) is 5.91 Å². The molecule has 2 aromatic rings. The molecule has 0 bridgehead atoms. The Kier molecular flexibility index (Phi) is 5.07. The van der Waals surface area contributed by atoms with E-state index >= 15 is 0 Å². The van der Waals surface area contributed by atoms with Gasteiger partial charge in [0, 0.05) is 17.8 Å². The Balaban J connectivity index is 1.66. The first kappa shape index (κ1) is 17.1. The van der Waals surface area contributed by atoms with Gasteiger partial charge in [0.2, 0.25) is 0 Å².